The molecular weight excluding hydrogens is 685 g/mol. The van der Waals surface area contributed by atoms with Crippen LogP contribution in [0.15, 0.2) is 182 Å². The average molecular weight is 735 g/mol. The molecule has 0 aliphatic heterocycles. The van der Waals surface area contributed by atoms with E-state index in [2.05, 4.69) is 12.1 Å². The summed E-state index contributed by atoms with van der Waals surface area (Å²) < 4.78 is 34.8. The zero-order chi connectivity index (χ0) is 37.5. The maximum absolute atomic E-state index is 13.6. The zero-order valence-corrected chi connectivity index (χ0v) is 31.1. The van der Waals surface area contributed by atoms with Gasteiger partial charge in [0.2, 0.25) is 0 Å². The van der Waals surface area contributed by atoms with E-state index < -0.39 is 36.1 Å². The van der Waals surface area contributed by atoms with E-state index in [4.69, 9.17) is 23.7 Å². The van der Waals surface area contributed by atoms with Gasteiger partial charge in [-0.15, -0.1) is 0 Å². The summed E-state index contributed by atoms with van der Waals surface area (Å²) in [6, 6.07) is 60.6. The maximum atomic E-state index is 13.6. The summed E-state index contributed by atoms with van der Waals surface area (Å²) >= 11 is 0. The number of ether oxygens (including phenoxy) is 5. The first-order valence-corrected chi connectivity index (χ1v) is 19.2. The van der Waals surface area contributed by atoms with Crippen molar-refractivity contribution in [1.29, 1.82) is 0 Å². The van der Waals surface area contributed by atoms with Gasteiger partial charge in [0.1, 0.15) is 36.1 Å². The number of rotatable bonds is 18. The Labute approximate surface area is 325 Å². The highest BCUT2D eigenvalue weighted by molar-refractivity contribution is 5.22. The van der Waals surface area contributed by atoms with E-state index in [-0.39, 0.29) is 26.4 Å². The molecular formula is C49H50O6. The van der Waals surface area contributed by atoms with Crippen molar-refractivity contribution < 1.29 is 28.8 Å². The summed E-state index contributed by atoms with van der Waals surface area (Å²) in [6.07, 6.45) is -2.99. The molecule has 1 N–H and O–H groups in total. The van der Waals surface area contributed by atoms with Crippen LogP contribution in [0.4, 0.5) is 0 Å². The quantitative estimate of drug-likeness (QED) is 0.0950. The molecule has 1 aliphatic carbocycles. The number of benzene rings is 6. The van der Waals surface area contributed by atoms with Gasteiger partial charge in [-0.3, -0.25) is 0 Å². The second-order valence-corrected chi connectivity index (χ2v) is 14.2. The van der Waals surface area contributed by atoms with E-state index in [0.717, 1.165) is 33.4 Å². The fourth-order valence-corrected chi connectivity index (χ4v) is 7.39. The summed E-state index contributed by atoms with van der Waals surface area (Å²) in [5.41, 5.74) is 4.52. The van der Waals surface area contributed by atoms with Crippen LogP contribution in [0.3, 0.4) is 0 Å². The first-order chi connectivity index (χ1) is 27.2. The van der Waals surface area contributed by atoms with Gasteiger partial charge in [-0.1, -0.05) is 182 Å². The fourth-order valence-electron chi connectivity index (χ4n) is 7.39. The molecule has 7 rings (SSSR count). The third kappa shape index (κ3) is 10.4. The first kappa shape index (κ1) is 38.4. The zero-order valence-electron chi connectivity index (χ0n) is 31.1. The van der Waals surface area contributed by atoms with Crippen LogP contribution < -0.4 is 0 Å². The smallest absolute Gasteiger partial charge is 0.122 e. The van der Waals surface area contributed by atoms with Crippen LogP contribution in [0.1, 0.15) is 39.8 Å². The van der Waals surface area contributed by atoms with Crippen LogP contribution in [0.25, 0.3) is 0 Å². The summed E-state index contributed by atoms with van der Waals surface area (Å²) in [6.45, 7) is 1.41. The summed E-state index contributed by atoms with van der Waals surface area (Å²) in [4.78, 5) is 0. The Morgan fingerprint density at radius 1 is 0.327 bits per heavy atom. The molecule has 1 saturated carbocycles. The minimum atomic E-state index is -1.57. The molecule has 0 saturated heterocycles. The SMILES string of the molecule is OC1(CCc2ccccc2)[C@H](OCc2ccccc2)[C@@H](OCc2ccccc2)C(OCc2ccccc2)[C@@H](OCc2ccccc2)[C@@H]1OCc1ccccc1. The predicted octanol–water partition coefficient (Wildman–Crippen LogP) is 9.29. The van der Waals surface area contributed by atoms with Gasteiger partial charge < -0.3 is 28.8 Å². The second kappa shape index (κ2) is 19.6. The molecule has 6 aromatic carbocycles. The van der Waals surface area contributed by atoms with E-state index in [1.165, 1.54) is 0 Å². The molecule has 0 heterocycles. The Balaban J connectivity index is 1.33. The molecule has 0 amide bonds. The molecule has 6 aromatic rings. The monoisotopic (exact) mass is 734 g/mol. The molecule has 2 unspecified atom stereocenters. The van der Waals surface area contributed by atoms with Crippen molar-refractivity contribution in [1.82, 2.24) is 0 Å². The Morgan fingerprint density at radius 2 is 0.582 bits per heavy atom. The molecule has 0 aromatic heterocycles. The van der Waals surface area contributed by atoms with Gasteiger partial charge in [0.05, 0.1) is 33.0 Å². The highest BCUT2D eigenvalue weighted by Crippen LogP contribution is 2.43. The highest BCUT2D eigenvalue weighted by atomic mass is 16.6. The molecule has 0 spiro atoms. The van der Waals surface area contributed by atoms with Crippen LogP contribution in [0.5, 0.6) is 0 Å². The van der Waals surface area contributed by atoms with Crippen molar-refractivity contribution in [3.05, 3.63) is 215 Å². The number of aliphatic hydroxyl groups is 1. The Morgan fingerprint density at radius 3 is 0.891 bits per heavy atom. The van der Waals surface area contributed by atoms with Crippen molar-refractivity contribution >= 4 is 0 Å². The molecule has 0 bridgehead atoms. The fraction of sp³-hybridized carbons (Fsp3) is 0.265. The molecule has 282 valence electrons. The van der Waals surface area contributed by atoms with Crippen molar-refractivity contribution in [2.45, 2.75) is 82.0 Å². The summed E-state index contributed by atoms with van der Waals surface area (Å²) in [7, 11) is 0. The minimum Gasteiger partial charge on any atom is -0.384 e. The van der Waals surface area contributed by atoms with Gasteiger partial charge in [0.15, 0.2) is 0 Å². The molecule has 1 aliphatic rings. The third-order valence-electron chi connectivity index (χ3n) is 10.3. The molecule has 6 heteroatoms. The Hall–Kier alpha value is -4.92. The van der Waals surface area contributed by atoms with E-state index in [0.29, 0.717) is 19.4 Å². The highest BCUT2D eigenvalue weighted by Gasteiger charge is 2.62. The van der Waals surface area contributed by atoms with E-state index in [1.807, 2.05) is 170 Å². The number of hydrogen-bond acceptors (Lipinski definition) is 6. The van der Waals surface area contributed by atoms with Crippen molar-refractivity contribution in [3.63, 3.8) is 0 Å². The second-order valence-electron chi connectivity index (χ2n) is 14.2. The largest absolute Gasteiger partial charge is 0.384 e. The first-order valence-electron chi connectivity index (χ1n) is 19.2. The van der Waals surface area contributed by atoms with E-state index >= 15 is 0 Å². The van der Waals surface area contributed by atoms with Gasteiger partial charge >= 0.3 is 0 Å². The molecule has 6 atom stereocenters. The lowest BCUT2D eigenvalue weighted by atomic mass is 9.71. The van der Waals surface area contributed by atoms with Gasteiger partial charge in [-0.05, 0) is 46.2 Å². The normalized spacial score (nSPS) is 22.3. The maximum Gasteiger partial charge on any atom is 0.122 e. The van der Waals surface area contributed by atoms with Crippen LogP contribution in [0.2, 0.25) is 0 Å². The molecule has 55 heavy (non-hydrogen) atoms. The lowest BCUT2D eigenvalue weighted by molar-refractivity contribution is -0.318. The van der Waals surface area contributed by atoms with Gasteiger partial charge in [0, 0.05) is 0 Å². The lowest BCUT2D eigenvalue weighted by Crippen LogP contribution is -2.73. The third-order valence-corrected chi connectivity index (χ3v) is 10.3. The van der Waals surface area contributed by atoms with Crippen LogP contribution in [-0.2, 0) is 63.1 Å². The van der Waals surface area contributed by atoms with Crippen molar-refractivity contribution in [3.8, 4) is 0 Å². The Bertz CT molecular complexity index is 1850. The van der Waals surface area contributed by atoms with E-state index in [9.17, 15) is 5.11 Å². The van der Waals surface area contributed by atoms with Gasteiger partial charge in [-0.2, -0.15) is 0 Å². The van der Waals surface area contributed by atoms with Crippen molar-refractivity contribution in [2.24, 2.45) is 0 Å². The summed E-state index contributed by atoms with van der Waals surface area (Å²) in [5, 5.41) is 13.6. The molecule has 6 nitrogen and oxygen atoms in total. The van der Waals surface area contributed by atoms with Gasteiger partial charge in [0.25, 0.3) is 0 Å². The topological polar surface area (TPSA) is 66.4 Å². The number of hydrogen-bond donors (Lipinski definition) is 1. The molecule has 1 fully saturated rings. The van der Waals surface area contributed by atoms with E-state index in [1.54, 1.807) is 0 Å². The predicted molar refractivity (Wildman–Crippen MR) is 215 cm³/mol. The van der Waals surface area contributed by atoms with Crippen molar-refractivity contribution in [2.75, 3.05) is 0 Å². The van der Waals surface area contributed by atoms with Crippen LogP contribution >= 0.6 is 0 Å². The average Bonchev–Trinajstić information content (AvgIpc) is 3.25. The molecule has 0 radical (unpaired) electrons. The summed E-state index contributed by atoms with van der Waals surface area (Å²) in [5.74, 6) is 0. The standard InChI is InChI=1S/C49H50O6/c50-49(32-31-38-19-7-1-8-20-38)47(54-36-42-27-15-5-16-28-42)45(52-34-40-23-11-3-12-24-40)44(51-33-39-21-9-2-10-22-39)46(53-35-41-25-13-4-14-26-41)48(49)55-37-43-29-17-6-18-30-43/h1-30,44-48,50H,31-37H2/t44?,45-,46+,47+,48-,49?. The van der Waals surface area contributed by atoms with Crippen LogP contribution in [-0.4, -0.2) is 41.2 Å². The number of aryl methyl sites for hydroxylation is 1. The van der Waals surface area contributed by atoms with Gasteiger partial charge in [-0.25, -0.2) is 0 Å². The lowest BCUT2D eigenvalue weighted by Gasteiger charge is -2.54. The van der Waals surface area contributed by atoms with Crippen LogP contribution in [0, 0.1) is 0 Å². The Kier molecular flexibility index (Phi) is 13.7. The minimum absolute atomic E-state index is 0.261.